The predicted octanol–water partition coefficient (Wildman–Crippen LogP) is 5.88. The minimum absolute atomic E-state index is 0.00504. The largest absolute Gasteiger partial charge is 0.460 e. The molecule has 0 radical (unpaired) electrons. The van der Waals surface area contributed by atoms with Gasteiger partial charge in [0.15, 0.2) is 0 Å². The summed E-state index contributed by atoms with van der Waals surface area (Å²) in [6.07, 6.45) is -2.10. The van der Waals surface area contributed by atoms with Gasteiger partial charge in [-0.25, -0.2) is 29.0 Å². The standard InChI is InChI=1S/C33H40N4O12/c1-20(2)29(38)43-10-11-45-31(40)35-26-14-22(5)15-27(17-26)36-32(41)46-18-24(7)49-33(42)37-28-9-8-25(16-23(28)6)34-19-48-47-13-12-44-30(39)21(3)4/h8-9,14-17,19,24H,1,3,10-13,18H2,2,4-7H3,(H,35,40)(H,36,41)(H,37,42)/b34-19-. The lowest BCUT2D eigenvalue weighted by atomic mass is 10.2. The summed E-state index contributed by atoms with van der Waals surface area (Å²) in [5, 5.41) is 7.68. The number of rotatable bonds is 17. The molecule has 2 aromatic rings. The Balaban J connectivity index is 1.73. The van der Waals surface area contributed by atoms with E-state index in [0.29, 0.717) is 33.9 Å². The van der Waals surface area contributed by atoms with Gasteiger partial charge >= 0.3 is 30.2 Å². The molecule has 16 nitrogen and oxygen atoms in total. The van der Waals surface area contributed by atoms with Crippen LogP contribution in [0, 0.1) is 13.8 Å². The molecule has 0 aromatic heterocycles. The number of ether oxygens (including phenoxy) is 5. The first-order valence-electron chi connectivity index (χ1n) is 14.8. The van der Waals surface area contributed by atoms with Gasteiger partial charge in [0.2, 0.25) is 6.40 Å². The van der Waals surface area contributed by atoms with Gasteiger partial charge in [-0.15, -0.1) is 0 Å². The quantitative estimate of drug-likeness (QED) is 0.0262. The molecule has 0 heterocycles. The van der Waals surface area contributed by atoms with E-state index < -0.39 is 36.3 Å². The van der Waals surface area contributed by atoms with Gasteiger partial charge in [-0.1, -0.05) is 13.2 Å². The van der Waals surface area contributed by atoms with Gasteiger partial charge in [0.1, 0.15) is 39.1 Å². The summed E-state index contributed by atoms with van der Waals surface area (Å²) in [5.74, 6) is -1.11. The third kappa shape index (κ3) is 16.0. The number of esters is 2. The molecule has 0 aliphatic carbocycles. The number of hydrogen-bond acceptors (Lipinski definition) is 13. The number of carbonyl (C=O) groups excluding carboxylic acids is 5. The van der Waals surface area contributed by atoms with Crippen LogP contribution in [-0.2, 0) is 43.0 Å². The van der Waals surface area contributed by atoms with Gasteiger partial charge in [-0.05, 0) is 82.1 Å². The van der Waals surface area contributed by atoms with Crippen molar-refractivity contribution in [3.05, 3.63) is 71.8 Å². The average Bonchev–Trinajstić information content (AvgIpc) is 3.02. The molecule has 16 heteroatoms. The summed E-state index contributed by atoms with van der Waals surface area (Å²) in [7, 11) is 0. The van der Waals surface area contributed by atoms with Crippen LogP contribution in [-0.4, -0.2) is 75.8 Å². The molecule has 2 aromatic carbocycles. The molecule has 264 valence electrons. The minimum Gasteiger partial charge on any atom is -0.460 e. The van der Waals surface area contributed by atoms with Crippen LogP contribution in [0.15, 0.2) is 65.7 Å². The third-order valence-electron chi connectivity index (χ3n) is 5.73. The zero-order chi connectivity index (χ0) is 36.3. The van der Waals surface area contributed by atoms with Crippen molar-refractivity contribution in [3.8, 4) is 0 Å². The highest BCUT2D eigenvalue weighted by Crippen LogP contribution is 2.22. The van der Waals surface area contributed by atoms with Crippen molar-refractivity contribution in [1.82, 2.24) is 0 Å². The summed E-state index contributed by atoms with van der Waals surface area (Å²) in [5.41, 5.74) is 3.53. The maximum absolute atomic E-state index is 12.4. The Morgan fingerprint density at radius 1 is 0.755 bits per heavy atom. The summed E-state index contributed by atoms with van der Waals surface area (Å²) < 4.78 is 25.1. The van der Waals surface area contributed by atoms with Crippen LogP contribution in [0.4, 0.5) is 37.1 Å². The molecule has 1 atom stereocenters. The van der Waals surface area contributed by atoms with Gasteiger partial charge in [-0.2, -0.15) is 4.89 Å². The Morgan fingerprint density at radius 3 is 1.92 bits per heavy atom. The fourth-order valence-corrected chi connectivity index (χ4v) is 3.50. The van der Waals surface area contributed by atoms with Crippen molar-refractivity contribution >= 4 is 59.4 Å². The highest BCUT2D eigenvalue weighted by atomic mass is 17.2. The normalized spacial score (nSPS) is 11.0. The highest BCUT2D eigenvalue weighted by Gasteiger charge is 2.15. The van der Waals surface area contributed by atoms with E-state index in [9.17, 15) is 24.0 Å². The molecule has 0 spiro atoms. The molecule has 0 saturated carbocycles. The lowest BCUT2D eigenvalue weighted by Gasteiger charge is -2.16. The van der Waals surface area contributed by atoms with Gasteiger partial charge in [0.25, 0.3) is 0 Å². The molecule has 3 amide bonds. The number of benzene rings is 2. The molecule has 3 N–H and O–H groups in total. The molecule has 0 saturated heterocycles. The van der Waals surface area contributed by atoms with Crippen LogP contribution >= 0.6 is 0 Å². The minimum atomic E-state index is -0.818. The van der Waals surface area contributed by atoms with Crippen LogP contribution in [0.3, 0.4) is 0 Å². The van der Waals surface area contributed by atoms with Crippen molar-refractivity contribution < 1.29 is 57.4 Å². The average molecular weight is 685 g/mol. The van der Waals surface area contributed by atoms with Crippen molar-refractivity contribution in [2.45, 2.75) is 40.7 Å². The smallest absolute Gasteiger partial charge is 0.412 e. The predicted molar refractivity (Wildman–Crippen MR) is 179 cm³/mol. The number of anilines is 3. The van der Waals surface area contributed by atoms with Crippen LogP contribution < -0.4 is 16.0 Å². The number of nitrogens with zero attached hydrogens (tertiary/aromatic N) is 1. The first-order chi connectivity index (χ1) is 23.2. The molecule has 2 rings (SSSR count). The third-order valence-corrected chi connectivity index (χ3v) is 5.73. The van der Waals surface area contributed by atoms with E-state index in [1.54, 1.807) is 51.1 Å². The van der Waals surface area contributed by atoms with E-state index in [2.05, 4.69) is 34.1 Å². The molecule has 0 bridgehead atoms. The van der Waals surface area contributed by atoms with Crippen LogP contribution in [0.1, 0.15) is 31.9 Å². The monoisotopic (exact) mass is 684 g/mol. The zero-order valence-corrected chi connectivity index (χ0v) is 27.9. The molecule has 49 heavy (non-hydrogen) atoms. The SMILES string of the molecule is C=C(C)C(=O)OCCOO/C=N\c1ccc(NC(=O)OC(C)COC(=O)Nc2cc(C)cc(NC(=O)OCCOC(=O)C(=C)C)c2)c(C)c1. The van der Waals surface area contributed by atoms with Crippen molar-refractivity contribution in [2.75, 3.05) is 49.0 Å². The van der Waals surface area contributed by atoms with Gasteiger partial charge in [-0.3, -0.25) is 16.0 Å². The summed E-state index contributed by atoms with van der Waals surface area (Å²) in [4.78, 5) is 73.2. The fraction of sp³-hybridized carbons (Fsp3) is 0.333. The van der Waals surface area contributed by atoms with Crippen LogP contribution in [0.2, 0.25) is 0 Å². The van der Waals surface area contributed by atoms with E-state index in [1.165, 1.54) is 19.9 Å². The lowest BCUT2D eigenvalue weighted by molar-refractivity contribution is -0.223. The Kier molecular flexibility index (Phi) is 16.3. The molecule has 0 aliphatic rings. The fourth-order valence-electron chi connectivity index (χ4n) is 3.50. The second kappa shape index (κ2) is 20.4. The Labute approximate surface area is 283 Å². The van der Waals surface area contributed by atoms with Crippen LogP contribution in [0.5, 0.6) is 0 Å². The number of nitrogens with one attached hydrogen (secondary N) is 3. The Hall–Kier alpha value is -5.90. The zero-order valence-electron chi connectivity index (χ0n) is 27.9. The second-order valence-corrected chi connectivity index (χ2v) is 10.4. The van der Waals surface area contributed by atoms with E-state index in [1.807, 2.05) is 0 Å². The van der Waals surface area contributed by atoms with E-state index in [4.69, 9.17) is 33.5 Å². The molecule has 1 unspecified atom stereocenters. The Bertz CT molecular complexity index is 1560. The molecular weight excluding hydrogens is 644 g/mol. The van der Waals surface area contributed by atoms with E-state index in [-0.39, 0.29) is 44.2 Å². The van der Waals surface area contributed by atoms with Crippen LogP contribution in [0.25, 0.3) is 0 Å². The number of carbonyl (C=O) groups is 5. The molecule has 0 fully saturated rings. The number of aryl methyl sites for hydroxylation is 2. The summed E-state index contributed by atoms with van der Waals surface area (Å²) >= 11 is 0. The molecular formula is C33H40N4O12. The topological polar surface area (TPSA) is 198 Å². The van der Waals surface area contributed by atoms with Crippen molar-refractivity contribution in [2.24, 2.45) is 4.99 Å². The molecule has 0 aliphatic heterocycles. The summed E-state index contributed by atoms with van der Waals surface area (Å²) in [6.45, 7) is 14.4. The summed E-state index contributed by atoms with van der Waals surface area (Å²) in [6, 6.07) is 9.69. The first kappa shape index (κ1) is 39.3. The second-order valence-electron chi connectivity index (χ2n) is 10.4. The number of hydrogen-bond donors (Lipinski definition) is 3. The van der Waals surface area contributed by atoms with Crippen molar-refractivity contribution in [1.29, 1.82) is 0 Å². The number of aliphatic imine (C=N–C) groups is 1. The van der Waals surface area contributed by atoms with E-state index in [0.717, 1.165) is 6.40 Å². The van der Waals surface area contributed by atoms with Gasteiger partial charge < -0.3 is 28.6 Å². The maximum Gasteiger partial charge on any atom is 0.412 e. The van der Waals surface area contributed by atoms with Crippen molar-refractivity contribution in [3.63, 3.8) is 0 Å². The van der Waals surface area contributed by atoms with Gasteiger partial charge in [0, 0.05) is 28.2 Å². The first-order valence-corrected chi connectivity index (χ1v) is 14.8. The number of amides is 3. The highest BCUT2D eigenvalue weighted by molar-refractivity contribution is 5.90. The maximum atomic E-state index is 12.4. The lowest BCUT2D eigenvalue weighted by Crippen LogP contribution is -2.26. The van der Waals surface area contributed by atoms with Gasteiger partial charge in [0.05, 0.1) is 5.69 Å². The Morgan fingerprint density at radius 2 is 1.33 bits per heavy atom. The van der Waals surface area contributed by atoms with E-state index >= 15 is 0 Å².